The predicted molar refractivity (Wildman–Crippen MR) is 142 cm³/mol. The molecule has 0 N–H and O–H groups in total. The van der Waals surface area contributed by atoms with Gasteiger partial charge in [0.05, 0.1) is 26.1 Å². The quantitative estimate of drug-likeness (QED) is 0.366. The van der Waals surface area contributed by atoms with Gasteiger partial charge in [-0.1, -0.05) is 57.2 Å². The van der Waals surface area contributed by atoms with Crippen molar-refractivity contribution in [1.29, 1.82) is 0 Å². The first-order valence-corrected chi connectivity index (χ1v) is 12.2. The summed E-state index contributed by atoms with van der Waals surface area (Å²) < 4.78 is 12.6. The van der Waals surface area contributed by atoms with Crippen molar-refractivity contribution >= 4 is 33.4 Å². The van der Waals surface area contributed by atoms with Crippen LogP contribution >= 0.6 is 0 Å². The Morgan fingerprint density at radius 2 is 1.20 bits per heavy atom. The molecule has 3 aromatic rings. The molecule has 0 aliphatic rings. The highest BCUT2D eigenvalue weighted by atomic mass is 16.5. The van der Waals surface area contributed by atoms with Gasteiger partial charge in [0.25, 0.3) is 0 Å². The van der Waals surface area contributed by atoms with Crippen LogP contribution in [0.4, 0.5) is 0 Å². The number of fused-ring (bicyclic) bond motifs is 2. The van der Waals surface area contributed by atoms with E-state index in [2.05, 4.69) is 39.0 Å². The summed E-state index contributed by atoms with van der Waals surface area (Å²) >= 11 is 0. The predicted octanol–water partition coefficient (Wildman–Crippen LogP) is 5.39. The Hall–Kier alpha value is -3.28. The second kappa shape index (κ2) is 11.0. The van der Waals surface area contributed by atoms with Crippen molar-refractivity contribution in [2.75, 3.05) is 41.4 Å². The lowest BCUT2D eigenvalue weighted by Gasteiger charge is -2.25. The number of rotatable bonds is 10. The van der Waals surface area contributed by atoms with Gasteiger partial charge < -0.3 is 19.3 Å². The van der Waals surface area contributed by atoms with E-state index in [1.165, 1.54) is 5.56 Å². The van der Waals surface area contributed by atoms with Crippen LogP contribution in [0.25, 0.3) is 21.5 Å². The third-order valence-corrected chi connectivity index (χ3v) is 6.71. The first-order chi connectivity index (χ1) is 16.6. The molecule has 0 spiro atoms. The molecule has 0 fully saturated rings. The molecule has 6 heteroatoms. The van der Waals surface area contributed by atoms with Crippen molar-refractivity contribution < 1.29 is 19.1 Å². The number of hydrogen-bond acceptors (Lipinski definition) is 4. The third-order valence-electron chi connectivity index (χ3n) is 6.71. The number of nitrogens with zero attached hydrogens (tertiary/aromatic N) is 2. The van der Waals surface area contributed by atoms with E-state index in [4.69, 9.17) is 9.47 Å². The Morgan fingerprint density at radius 1 is 0.743 bits per heavy atom. The monoisotopic (exact) mass is 478 g/mol. The second-order valence-electron chi connectivity index (χ2n) is 9.97. The summed E-state index contributed by atoms with van der Waals surface area (Å²) in [4.78, 5) is 27.4. The lowest BCUT2D eigenvalue weighted by atomic mass is 9.81. The molecule has 0 atom stereocenters. The molecule has 0 heterocycles. The summed E-state index contributed by atoms with van der Waals surface area (Å²) in [6.45, 7) is 7.22. The maximum Gasteiger partial charge on any atom is 0.225 e. The van der Waals surface area contributed by atoms with Crippen LogP contribution in [0.15, 0.2) is 42.5 Å². The Kier molecular flexibility index (Phi) is 8.26. The van der Waals surface area contributed by atoms with Gasteiger partial charge in [0.15, 0.2) is 0 Å². The topological polar surface area (TPSA) is 59.1 Å². The van der Waals surface area contributed by atoms with Crippen LogP contribution < -0.4 is 9.47 Å². The zero-order chi connectivity index (χ0) is 25.8. The molecule has 6 nitrogen and oxygen atoms in total. The standard InChI is InChI=1S/C29H38N2O4/c1-8-29(2,3)20-13-14-23-24(19-20)28(35-18-16-26(33)31(6)7)22-12-10-9-11-21(22)27(23)34-17-15-25(32)30(4)5/h9-14,19H,8,15-18H2,1-7H3. The minimum atomic E-state index is -0.00283. The molecule has 0 saturated carbocycles. The van der Waals surface area contributed by atoms with Gasteiger partial charge in [0.1, 0.15) is 11.5 Å². The van der Waals surface area contributed by atoms with Crippen LogP contribution in [-0.2, 0) is 15.0 Å². The molecular formula is C29H38N2O4. The van der Waals surface area contributed by atoms with E-state index in [-0.39, 0.29) is 30.4 Å². The van der Waals surface area contributed by atoms with Crippen molar-refractivity contribution in [3.63, 3.8) is 0 Å². The highest BCUT2D eigenvalue weighted by Gasteiger charge is 2.22. The van der Waals surface area contributed by atoms with E-state index in [1.807, 2.05) is 24.3 Å². The summed E-state index contributed by atoms with van der Waals surface area (Å²) in [7, 11) is 6.99. The molecule has 0 aliphatic heterocycles. The van der Waals surface area contributed by atoms with Gasteiger partial charge in [-0.05, 0) is 23.5 Å². The molecular weight excluding hydrogens is 440 g/mol. The second-order valence-corrected chi connectivity index (χ2v) is 9.97. The van der Waals surface area contributed by atoms with Crippen LogP contribution in [-0.4, -0.2) is 63.0 Å². The molecule has 35 heavy (non-hydrogen) atoms. The number of amides is 2. The average molecular weight is 479 g/mol. The molecule has 0 aromatic heterocycles. The van der Waals surface area contributed by atoms with Crippen molar-refractivity contribution in [1.82, 2.24) is 9.80 Å². The van der Waals surface area contributed by atoms with E-state index in [0.717, 1.165) is 39.5 Å². The SMILES string of the molecule is CCC(C)(C)c1ccc2c(OCCC(=O)N(C)C)c3ccccc3c(OCCC(=O)N(C)C)c2c1. The maximum absolute atomic E-state index is 12.2. The Labute approximate surface area is 208 Å². The molecule has 188 valence electrons. The maximum atomic E-state index is 12.2. The van der Waals surface area contributed by atoms with E-state index in [0.29, 0.717) is 12.8 Å². The molecule has 0 bridgehead atoms. The van der Waals surface area contributed by atoms with Gasteiger partial charge >= 0.3 is 0 Å². The summed E-state index contributed by atoms with van der Waals surface area (Å²) in [6.07, 6.45) is 1.60. The fourth-order valence-electron chi connectivity index (χ4n) is 3.96. The fraction of sp³-hybridized carbons (Fsp3) is 0.448. The summed E-state index contributed by atoms with van der Waals surface area (Å²) in [6, 6.07) is 14.4. The minimum absolute atomic E-state index is 0.00283. The van der Waals surface area contributed by atoms with E-state index < -0.39 is 0 Å². The molecule has 0 aliphatic carbocycles. The molecule has 0 unspecified atom stereocenters. The highest BCUT2D eigenvalue weighted by molar-refractivity contribution is 6.11. The normalized spacial score (nSPS) is 11.5. The van der Waals surface area contributed by atoms with Gasteiger partial charge in [0.2, 0.25) is 11.8 Å². The lowest BCUT2D eigenvalue weighted by molar-refractivity contribution is -0.130. The van der Waals surface area contributed by atoms with Crippen molar-refractivity contribution in [2.24, 2.45) is 0 Å². The first-order valence-electron chi connectivity index (χ1n) is 12.2. The van der Waals surface area contributed by atoms with Crippen LogP contribution in [0.3, 0.4) is 0 Å². The van der Waals surface area contributed by atoms with Crippen molar-refractivity contribution in [3.8, 4) is 11.5 Å². The lowest BCUT2D eigenvalue weighted by Crippen LogP contribution is -2.23. The molecule has 2 amide bonds. The van der Waals surface area contributed by atoms with E-state index >= 15 is 0 Å². The van der Waals surface area contributed by atoms with Gasteiger partial charge in [-0.15, -0.1) is 0 Å². The number of carbonyl (C=O) groups excluding carboxylic acids is 2. The van der Waals surface area contributed by atoms with Gasteiger partial charge in [-0.25, -0.2) is 0 Å². The highest BCUT2D eigenvalue weighted by Crippen LogP contribution is 2.44. The fourth-order valence-corrected chi connectivity index (χ4v) is 3.96. The molecule has 0 saturated heterocycles. The number of carbonyl (C=O) groups is 2. The first kappa shape index (κ1) is 26.3. The minimum Gasteiger partial charge on any atom is -0.492 e. The van der Waals surface area contributed by atoms with Crippen LogP contribution in [0.2, 0.25) is 0 Å². The summed E-state index contributed by atoms with van der Waals surface area (Å²) in [5, 5.41) is 3.74. The van der Waals surface area contributed by atoms with E-state index in [1.54, 1.807) is 38.0 Å². The van der Waals surface area contributed by atoms with Gasteiger partial charge in [-0.2, -0.15) is 0 Å². The number of hydrogen-bond donors (Lipinski definition) is 0. The largest absolute Gasteiger partial charge is 0.492 e. The smallest absolute Gasteiger partial charge is 0.225 e. The van der Waals surface area contributed by atoms with Crippen LogP contribution in [0.1, 0.15) is 45.6 Å². The molecule has 3 rings (SSSR count). The zero-order valence-electron chi connectivity index (χ0n) is 22.1. The summed E-state index contributed by atoms with van der Waals surface area (Å²) in [5.74, 6) is 1.56. The van der Waals surface area contributed by atoms with Gasteiger partial charge in [0, 0.05) is 49.7 Å². The Balaban J connectivity index is 2.14. The molecule has 3 aromatic carbocycles. The van der Waals surface area contributed by atoms with Crippen LogP contribution in [0, 0.1) is 0 Å². The van der Waals surface area contributed by atoms with E-state index in [9.17, 15) is 9.59 Å². The van der Waals surface area contributed by atoms with Crippen molar-refractivity contribution in [2.45, 2.75) is 45.4 Å². The average Bonchev–Trinajstić information content (AvgIpc) is 2.84. The summed E-state index contributed by atoms with van der Waals surface area (Å²) in [5.41, 5.74) is 1.21. The molecule has 0 radical (unpaired) electrons. The van der Waals surface area contributed by atoms with Crippen molar-refractivity contribution in [3.05, 3.63) is 48.0 Å². The van der Waals surface area contributed by atoms with Crippen LogP contribution in [0.5, 0.6) is 11.5 Å². The zero-order valence-corrected chi connectivity index (χ0v) is 22.1. The Bertz CT molecular complexity index is 1210. The number of ether oxygens (including phenoxy) is 2. The third kappa shape index (κ3) is 5.87. The van der Waals surface area contributed by atoms with Gasteiger partial charge in [-0.3, -0.25) is 9.59 Å². The Morgan fingerprint density at radius 3 is 1.66 bits per heavy atom. The number of benzene rings is 3.